The van der Waals surface area contributed by atoms with Crippen molar-refractivity contribution in [2.24, 2.45) is 5.92 Å². The summed E-state index contributed by atoms with van der Waals surface area (Å²) >= 11 is 2.48. The Bertz CT molecular complexity index is 1210. The number of amides is 1. The number of carbonyl (C=O) groups excluding carboxylic acids is 1. The van der Waals surface area contributed by atoms with Gasteiger partial charge in [-0.1, -0.05) is 22.6 Å². The highest BCUT2D eigenvalue weighted by Gasteiger charge is 2.26. The first-order valence-electron chi connectivity index (χ1n) is 11.2. The SMILES string of the molecule is COc1cc2nn(C3CCC(CI)CC3)cc2cc1C(=O)Nc1cccn(C2CC2)c1=O. The smallest absolute Gasteiger partial charge is 0.274 e. The highest BCUT2D eigenvalue weighted by molar-refractivity contribution is 14.1. The number of fused-ring (bicyclic) bond motifs is 1. The predicted octanol–water partition coefficient (Wildman–Crippen LogP) is 4.96. The molecule has 0 saturated heterocycles. The van der Waals surface area contributed by atoms with Crippen LogP contribution in [0.15, 0.2) is 41.5 Å². The van der Waals surface area contributed by atoms with E-state index in [0.717, 1.165) is 42.5 Å². The Hall–Kier alpha value is -2.36. The normalized spacial score (nSPS) is 20.9. The van der Waals surface area contributed by atoms with Gasteiger partial charge in [0.1, 0.15) is 11.4 Å². The monoisotopic (exact) mass is 546 g/mol. The van der Waals surface area contributed by atoms with Gasteiger partial charge < -0.3 is 14.6 Å². The number of halogens is 1. The lowest BCUT2D eigenvalue weighted by molar-refractivity contribution is 0.102. The van der Waals surface area contributed by atoms with Crippen molar-refractivity contribution in [1.82, 2.24) is 14.3 Å². The van der Waals surface area contributed by atoms with Crippen LogP contribution in [0.5, 0.6) is 5.75 Å². The minimum atomic E-state index is -0.357. The molecule has 0 spiro atoms. The van der Waals surface area contributed by atoms with Crippen LogP contribution in [-0.2, 0) is 0 Å². The van der Waals surface area contributed by atoms with Gasteiger partial charge in [-0.3, -0.25) is 14.3 Å². The van der Waals surface area contributed by atoms with E-state index in [9.17, 15) is 9.59 Å². The number of nitrogens with zero attached hydrogens (tertiary/aromatic N) is 3. The number of carbonyl (C=O) groups is 1. The Balaban J connectivity index is 1.41. The summed E-state index contributed by atoms with van der Waals surface area (Å²) < 4.78 is 10.5. The van der Waals surface area contributed by atoms with E-state index < -0.39 is 0 Å². The van der Waals surface area contributed by atoms with Crippen molar-refractivity contribution in [1.29, 1.82) is 0 Å². The maximum atomic E-state index is 13.1. The number of pyridine rings is 1. The van der Waals surface area contributed by atoms with Gasteiger partial charge in [0.2, 0.25) is 0 Å². The molecule has 1 amide bonds. The molecule has 0 radical (unpaired) electrons. The zero-order valence-corrected chi connectivity index (χ0v) is 20.2. The van der Waals surface area contributed by atoms with Crippen molar-refractivity contribution in [3.63, 3.8) is 0 Å². The number of alkyl halides is 1. The molecule has 32 heavy (non-hydrogen) atoms. The third-order valence-corrected chi connectivity index (χ3v) is 7.91. The largest absolute Gasteiger partial charge is 0.496 e. The summed E-state index contributed by atoms with van der Waals surface area (Å²) in [6.45, 7) is 0. The third kappa shape index (κ3) is 4.16. The van der Waals surface area contributed by atoms with E-state index in [1.165, 1.54) is 17.3 Å². The topological polar surface area (TPSA) is 78.2 Å². The Morgan fingerprint density at radius 2 is 1.94 bits per heavy atom. The molecule has 2 fully saturated rings. The lowest BCUT2D eigenvalue weighted by Crippen LogP contribution is -2.25. The van der Waals surface area contributed by atoms with Crippen molar-refractivity contribution in [2.45, 2.75) is 50.6 Å². The fourth-order valence-electron chi connectivity index (χ4n) is 4.60. The molecular weight excluding hydrogens is 519 g/mol. The highest BCUT2D eigenvalue weighted by atomic mass is 127. The lowest BCUT2D eigenvalue weighted by Gasteiger charge is -2.27. The summed E-state index contributed by atoms with van der Waals surface area (Å²) in [6, 6.07) is 7.72. The van der Waals surface area contributed by atoms with Gasteiger partial charge in [0, 0.05) is 34.3 Å². The van der Waals surface area contributed by atoms with Crippen LogP contribution in [0.4, 0.5) is 5.69 Å². The molecule has 1 aromatic carbocycles. The van der Waals surface area contributed by atoms with Crippen molar-refractivity contribution in [2.75, 3.05) is 16.9 Å². The molecule has 7 nitrogen and oxygen atoms in total. The van der Waals surface area contributed by atoms with E-state index in [1.54, 1.807) is 30.0 Å². The molecule has 0 unspecified atom stereocenters. The van der Waals surface area contributed by atoms with E-state index in [2.05, 4.69) is 32.6 Å². The number of hydrogen-bond acceptors (Lipinski definition) is 4. The van der Waals surface area contributed by atoms with Gasteiger partial charge >= 0.3 is 0 Å². The standard InChI is InChI=1S/C24H27IN4O3/c1-32-22-12-21-16(14-29(27-21)18-6-4-15(13-25)5-7-18)11-19(22)23(30)26-20-3-2-10-28(24(20)31)17-8-9-17/h2-3,10-12,14-15,17-18H,4-9,13H2,1H3,(H,26,30). The van der Waals surface area contributed by atoms with Crippen molar-refractivity contribution in [3.8, 4) is 5.75 Å². The van der Waals surface area contributed by atoms with Crippen LogP contribution in [0.1, 0.15) is 61.0 Å². The maximum absolute atomic E-state index is 13.1. The number of methoxy groups -OCH3 is 1. The Morgan fingerprint density at radius 3 is 2.62 bits per heavy atom. The second-order valence-corrected chi connectivity index (χ2v) is 9.75. The zero-order valence-electron chi connectivity index (χ0n) is 18.1. The second kappa shape index (κ2) is 8.88. The molecule has 2 aliphatic rings. The van der Waals surface area contributed by atoms with Gasteiger partial charge in [-0.25, -0.2) is 0 Å². The molecule has 0 bridgehead atoms. The Labute approximate surface area is 200 Å². The number of benzene rings is 1. The van der Waals surface area contributed by atoms with E-state index in [-0.39, 0.29) is 23.2 Å². The molecule has 2 heterocycles. The van der Waals surface area contributed by atoms with Gasteiger partial charge in [0.05, 0.1) is 24.2 Å². The second-order valence-electron chi connectivity index (χ2n) is 8.87. The van der Waals surface area contributed by atoms with Gasteiger partial charge in [-0.15, -0.1) is 0 Å². The van der Waals surface area contributed by atoms with Crippen LogP contribution in [0.25, 0.3) is 10.9 Å². The molecule has 3 aromatic rings. The highest BCUT2D eigenvalue weighted by Crippen LogP contribution is 2.35. The number of anilines is 1. The van der Waals surface area contributed by atoms with Gasteiger partial charge in [-0.05, 0) is 62.6 Å². The molecule has 8 heteroatoms. The molecule has 168 valence electrons. The molecule has 1 N–H and O–H groups in total. The van der Waals surface area contributed by atoms with Gasteiger partial charge in [0.25, 0.3) is 11.5 Å². The summed E-state index contributed by atoms with van der Waals surface area (Å²) in [6.07, 6.45) is 10.6. The first-order chi connectivity index (χ1) is 15.6. The van der Waals surface area contributed by atoms with Crippen LogP contribution in [-0.4, -0.2) is 31.8 Å². The summed E-state index contributed by atoms with van der Waals surface area (Å²) in [5.74, 6) is 0.909. The fourth-order valence-corrected chi connectivity index (χ4v) is 5.48. The molecular formula is C24H27IN4O3. The van der Waals surface area contributed by atoms with E-state index in [0.29, 0.717) is 17.4 Å². The average Bonchev–Trinajstić information content (AvgIpc) is 3.57. The predicted molar refractivity (Wildman–Crippen MR) is 133 cm³/mol. The number of nitrogens with one attached hydrogen (secondary N) is 1. The Kier molecular flexibility index (Phi) is 5.96. The fraction of sp³-hybridized carbons (Fsp3) is 0.458. The molecule has 2 saturated carbocycles. The number of ether oxygens (including phenoxy) is 1. The quantitative estimate of drug-likeness (QED) is 0.350. The van der Waals surface area contributed by atoms with Crippen LogP contribution in [0.3, 0.4) is 0 Å². The number of hydrogen-bond donors (Lipinski definition) is 1. The summed E-state index contributed by atoms with van der Waals surface area (Å²) in [7, 11) is 1.54. The molecule has 2 aromatic heterocycles. The van der Waals surface area contributed by atoms with Crippen LogP contribution < -0.4 is 15.6 Å². The molecule has 0 aliphatic heterocycles. The van der Waals surface area contributed by atoms with Crippen molar-refractivity contribution >= 4 is 45.1 Å². The summed E-state index contributed by atoms with van der Waals surface area (Å²) in [5, 5.41) is 8.47. The van der Waals surface area contributed by atoms with Crippen LogP contribution in [0.2, 0.25) is 0 Å². The van der Waals surface area contributed by atoms with Gasteiger partial charge in [0.15, 0.2) is 0 Å². The van der Waals surface area contributed by atoms with Crippen LogP contribution >= 0.6 is 22.6 Å². The number of rotatable bonds is 6. The summed E-state index contributed by atoms with van der Waals surface area (Å²) in [4.78, 5) is 25.8. The minimum absolute atomic E-state index is 0.168. The first kappa shape index (κ1) is 21.5. The van der Waals surface area contributed by atoms with E-state index in [4.69, 9.17) is 9.84 Å². The minimum Gasteiger partial charge on any atom is -0.496 e. The zero-order chi connectivity index (χ0) is 22.2. The van der Waals surface area contributed by atoms with E-state index in [1.807, 2.05) is 18.3 Å². The molecule has 2 aliphatic carbocycles. The van der Waals surface area contributed by atoms with Crippen molar-refractivity contribution < 1.29 is 9.53 Å². The number of aromatic nitrogens is 3. The van der Waals surface area contributed by atoms with Gasteiger partial charge in [-0.2, -0.15) is 5.10 Å². The maximum Gasteiger partial charge on any atom is 0.274 e. The Morgan fingerprint density at radius 1 is 1.19 bits per heavy atom. The first-order valence-corrected chi connectivity index (χ1v) is 12.7. The van der Waals surface area contributed by atoms with E-state index >= 15 is 0 Å². The molecule has 0 atom stereocenters. The molecule has 5 rings (SSSR count). The van der Waals surface area contributed by atoms with Crippen LogP contribution in [0, 0.1) is 5.92 Å². The lowest BCUT2D eigenvalue weighted by atomic mass is 9.87. The summed E-state index contributed by atoms with van der Waals surface area (Å²) in [5.41, 5.74) is 1.33. The third-order valence-electron chi connectivity index (χ3n) is 6.66. The van der Waals surface area contributed by atoms with Crippen molar-refractivity contribution in [3.05, 3.63) is 52.6 Å². The average molecular weight is 546 g/mol.